The molecule has 0 radical (unpaired) electrons. The standard InChI is InChI=1S/C9H8ClN3O2S2/c1-6-7(3-2-4-11-6)13-17(14,15)8-5-12-9(10)16-8/h2-5,13H,1H3. The Morgan fingerprint density at radius 1 is 1.41 bits per heavy atom. The molecule has 8 heteroatoms. The third-order valence-electron chi connectivity index (χ3n) is 1.97. The summed E-state index contributed by atoms with van der Waals surface area (Å²) in [6.07, 6.45) is 2.82. The van der Waals surface area contributed by atoms with Gasteiger partial charge in [0.05, 0.1) is 17.6 Å². The molecule has 0 aromatic carbocycles. The molecule has 0 saturated carbocycles. The number of aromatic nitrogens is 2. The summed E-state index contributed by atoms with van der Waals surface area (Å²) >= 11 is 6.51. The van der Waals surface area contributed by atoms with Crippen molar-refractivity contribution in [3.05, 3.63) is 34.7 Å². The first kappa shape index (κ1) is 12.3. The second-order valence-corrected chi connectivity index (χ2v) is 6.70. The largest absolute Gasteiger partial charge is 0.277 e. The Hall–Kier alpha value is -1.18. The zero-order valence-electron chi connectivity index (χ0n) is 8.71. The van der Waals surface area contributed by atoms with Crippen LogP contribution in [-0.4, -0.2) is 18.4 Å². The molecule has 2 aromatic heterocycles. The highest BCUT2D eigenvalue weighted by atomic mass is 35.5. The summed E-state index contributed by atoms with van der Waals surface area (Å²) in [5.41, 5.74) is 1.05. The monoisotopic (exact) mass is 289 g/mol. The number of halogens is 1. The van der Waals surface area contributed by atoms with E-state index in [0.717, 1.165) is 11.3 Å². The highest BCUT2D eigenvalue weighted by molar-refractivity contribution is 7.94. The fourth-order valence-corrected chi connectivity index (χ4v) is 3.56. The smallest absolute Gasteiger partial charge is 0.273 e. The number of pyridine rings is 1. The maximum Gasteiger partial charge on any atom is 0.273 e. The maximum atomic E-state index is 11.9. The number of nitrogens with zero attached hydrogens (tertiary/aromatic N) is 2. The Morgan fingerprint density at radius 2 is 2.18 bits per heavy atom. The van der Waals surface area contributed by atoms with Crippen LogP contribution in [0.5, 0.6) is 0 Å². The van der Waals surface area contributed by atoms with Crippen molar-refractivity contribution in [2.45, 2.75) is 11.1 Å². The third-order valence-corrected chi connectivity index (χ3v) is 4.91. The maximum absolute atomic E-state index is 11.9. The molecule has 17 heavy (non-hydrogen) atoms. The average Bonchev–Trinajstić information content (AvgIpc) is 2.69. The minimum atomic E-state index is -3.63. The Morgan fingerprint density at radius 3 is 2.76 bits per heavy atom. The molecule has 0 fully saturated rings. The number of nitrogens with one attached hydrogen (secondary N) is 1. The Labute approximate surface area is 108 Å². The normalized spacial score (nSPS) is 11.4. The molecule has 0 saturated heterocycles. The van der Waals surface area contributed by atoms with Gasteiger partial charge in [-0.1, -0.05) is 22.9 Å². The van der Waals surface area contributed by atoms with E-state index in [1.807, 2.05) is 0 Å². The van der Waals surface area contributed by atoms with Crippen molar-refractivity contribution < 1.29 is 8.42 Å². The molecular weight excluding hydrogens is 282 g/mol. The number of thiazole rings is 1. The van der Waals surface area contributed by atoms with Gasteiger partial charge in [-0.3, -0.25) is 9.71 Å². The lowest BCUT2D eigenvalue weighted by Gasteiger charge is -2.07. The van der Waals surface area contributed by atoms with E-state index in [9.17, 15) is 8.42 Å². The van der Waals surface area contributed by atoms with E-state index in [-0.39, 0.29) is 8.68 Å². The molecule has 0 aliphatic rings. The van der Waals surface area contributed by atoms with Crippen LogP contribution in [0.4, 0.5) is 5.69 Å². The van der Waals surface area contributed by atoms with E-state index in [4.69, 9.17) is 11.6 Å². The molecule has 2 heterocycles. The van der Waals surface area contributed by atoms with Crippen molar-refractivity contribution in [3.8, 4) is 0 Å². The summed E-state index contributed by atoms with van der Waals surface area (Å²) in [6.45, 7) is 1.72. The first-order chi connectivity index (χ1) is 7.99. The van der Waals surface area contributed by atoms with Gasteiger partial charge in [-0.2, -0.15) is 0 Å². The summed E-state index contributed by atoms with van der Waals surface area (Å²) in [5, 5.41) is 0. The predicted octanol–water partition coefficient (Wildman–Crippen LogP) is 2.30. The fourth-order valence-electron chi connectivity index (χ4n) is 1.15. The Kier molecular flexibility index (Phi) is 3.32. The van der Waals surface area contributed by atoms with Gasteiger partial charge in [-0.05, 0) is 19.1 Å². The zero-order valence-corrected chi connectivity index (χ0v) is 11.1. The van der Waals surface area contributed by atoms with Crippen LogP contribution >= 0.6 is 22.9 Å². The summed E-state index contributed by atoms with van der Waals surface area (Å²) < 4.78 is 26.6. The fraction of sp³-hybridized carbons (Fsp3) is 0.111. The SMILES string of the molecule is Cc1ncccc1NS(=O)(=O)c1cnc(Cl)s1. The Balaban J connectivity index is 2.33. The first-order valence-electron chi connectivity index (χ1n) is 4.55. The first-order valence-corrected chi connectivity index (χ1v) is 7.22. The van der Waals surface area contributed by atoms with Gasteiger partial charge in [-0.15, -0.1) is 0 Å². The molecule has 0 aliphatic carbocycles. The van der Waals surface area contributed by atoms with Gasteiger partial charge >= 0.3 is 0 Å². The van der Waals surface area contributed by atoms with Crippen LogP contribution in [-0.2, 0) is 10.0 Å². The quantitative estimate of drug-likeness (QED) is 0.941. The van der Waals surface area contributed by atoms with Crippen molar-refractivity contribution in [1.82, 2.24) is 9.97 Å². The molecule has 0 spiro atoms. The number of hydrogen-bond donors (Lipinski definition) is 1. The predicted molar refractivity (Wildman–Crippen MR) is 66.9 cm³/mol. The molecule has 0 unspecified atom stereocenters. The molecule has 5 nitrogen and oxygen atoms in total. The van der Waals surface area contributed by atoms with Gasteiger partial charge in [0, 0.05) is 6.20 Å². The van der Waals surface area contributed by atoms with Gasteiger partial charge in [0.15, 0.2) is 8.68 Å². The number of sulfonamides is 1. The third kappa shape index (κ3) is 2.74. The van der Waals surface area contributed by atoms with Crippen LogP contribution in [0.3, 0.4) is 0 Å². The number of rotatable bonds is 3. The van der Waals surface area contributed by atoms with Gasteiger partial charge in [0.2, 0.25) is 0 Å². The second kappa shape index (κ2) is 4.59. The van der Waals surface area contributed by atoms with E-state index < -0.39 is 10.0 Å². The number of hydrogen-bond acceptors (Lipinski definition) is 5. The van der Waals surface area contributed by atoms with Crippen LogP contribution in [0.1, 0.15) is 5.69 Å². The summed E-state index contributed by atoms with van der Waals surface area (Å²) in [5.74, 6) is 0. The Bertz CT molecular complexity index is 639. The van der Waals surface area contributed by atoms with E-state index in [2.05, 4.69) is 14.7 Å². The van der Waals surface area contributed by atoms with E-state index in [1.54, 1.807) is 25.3 Å². The van der Waals surface area contributed by atoms with E-state index in [1.165, 1.54) is 6.20 Å². The van der Waals surface area contributed by atoms with Gasteiger partial charge in [0.1, 0.15) is 0 Å². The molecule has 1 N–H and O–H groups in total. The second-order valence-electron chi connectivity index (χ2n) is 3.17. The highest BCUT2D eigenvalue weighted by Crippen LogP contribution is 2.25. The highest BCUT2D eigenvalue weighted by Gasteiger charge is 2.18. The van der Waals surface area contributed by atoms with Crippen molar-refractivity contribution in [1.29, 1.82) is 0 Å². The van der Waals surface area contributed by atoms with Gasteiger partial charge < -0.3 is 0 Å². The number of anilines is 1. The van der Waals surface area contributed by atoms with Crippen molar-refractivity contribution in [2.75, 3.05) is 4.72 Å². The number of aryl methyl sites for hydroxylation is 1. The van der Waals surface area contributed by atoms with Gasteiger partial charge in [-0.25, -0.2) is 13.4 Å². The van der Waals surface area contributed by atoms with E-state index >= 15 is 0 Å². The van der Waals surface area contributed by atoms with Crippen LogP contribution in [0.15, 0.2) is 28.7 Å². The topological polar surface area (TPSA) is 72.0 Å². The molecule has 0 bridgehead atoms. The lowest BCUT2D eigenvalue weighted by atomic mass is 10.3. The van der Waals surface area contributed by atoms with Crippen molar-refractivity contribution in [3.63, 3.8) is 0 Å². The summed E-state index contributed by atoms with van der Waals surface area (Å²) in [7, 11) is -3.63. The summed E-state index contributed by atoms with van der Waals surface area (Å²) in [6, 6.07) is 3.30. The molecule has 0 aliphatic heterocycles. The van der Waals surface area contributed by atoms with Crippen molar-refractivity contribution >= 4 is 38.6 Å². The molecule has 2 rings (SSSR count). The van der Waals surface area contributed by atoms with Crippen LogP contribution in [0.2, 0.25) is 4.47 Å². The molecule has 0 atom stereocenters. The molecule has 0 amide bonds. The van der Waals surface area contributed by atoms with Gasteiger partial charge in [0.25, 0.3) is 10.0 Å². The molecular formula is C9H8ClN3O2S2. The zero-order chi connectivity index (χ0) is 12.5. The lowest BCUT2D eigenvalue weighted by molar-refractivity contribution is 0.603. The van der Waals surface area contributed by atoms with Crippen LogP contribution in [0.25, 0.3) is 0 Å². The average molecular weight is 290 g/mol. The summed E-state index contributed by atoms with van der Waals surface area (Å²) in [4.78, 5) is 7.69. The minimum absolute atomic E-state index is 0.0748. The lowest BCUT2D eigenvalue weighted by Crippen LogP contribution is -2.12. The molecule has 90 valence electrons. The van der Waals surface area contributed by atoms with Crippen LogP contribution < -0.4 is 4.72 Å². The van der Waals surface area contributed by atoms with E-state index in [0.29, 0.717) is 11.4 Å². The van der Waals surface area contributed by atoms with Crippen LogP contribution in [0, 0.1) is 6.92 Å². The molecule has 2 aromatic rings. The minimum Gasteiger partial charge on any atom is -0.277 e. The van der Waals surface area contributed by atoms with Crippen molar-refractivity contribution in [2.24, 2.45) is 0 Å².